The lowest BCUT2D eigenvalue weighted by Crippen LogP contribution is -2.31. The zero-order valence-electron chi connectivity index (χ0n) is 20.8. The summed E-state index contributed by atoms with van der Waals surface area (Å²) in [4.78, 5) is 39.9. The fraction of sp³-hybridized carbons (Fsp3) is 0.233. The summed E-state index contributed by atoms with van der Waals surface area (Å²) in [5.41, 5.74) is 2.33. The van der Waals surface area contributed by atoms with Gasteiger partial charge in [0.15, 0.2) is 0 Å². The number of rotatable bonds is 9. The summed E-state index contributed by atoms with van der Waals surface area (Å²) in [7, 11) is 1.30. The van der Waals surface area contributed by atoms with Crippen molar-refractivity contribution in [3.8, 4) is 5.75 Å². The maximum absolute atomic E-state index is 13.3. The van der Waals surface area contributed by atoms with Crippen LogP contribution in [0.1, 0.15) is 46.4 Å². The zero-order chi connectivity index (χ0) is 26.4. The van der Waals surface area contributed by atoms with E-state index in [9.17, 15) is 19.5 Å². The Hall–Kier alpha value is -4.39. The summed E-state index contributed by atoms with van der Waals surface area (Å²) in [5.74, 6) is -1.65. The van der Waals surface area contributed by atoms with Gasteiger partial charge in [0.25, 0.3) is 11.7 Å². The normalized spacial score (nSPS) is 16.6. The number of aliphatic hydroxyl groups excluding tert-OH is 1. The highest BCUT2D eigenvalue weighted by atomic mass is 16.5. The fourth-order valence-electron chi connectivity index (χ4n) is 4.38. The quantitative estimate of drug-likeness (QED) is 0.194. The molecule has 37 heavy (non-hydrogen) atoms. The second kappa shape index (κ2) is 11.6. The van der Waals surface area contributed by atoms with Crippen LogP contribution in [0.5, 0.6) is 5.75 Å². The molecule has 1 N–H and O–H groups in total. The molecule has 1 aliphatic heterocycles. The third-order valence-electron chi connectivity index (χ3n) is 6.25. The Morgan fingerprint density at radius 3 is 2.35 bits per heavy atom. The van der Waals surface area contributed by atoms with Crippen LogP contribution in [0.3, 0.4) is 0 Å². The molecule has 1 aliphatic rings. The summed E-state index contributed by atoms with van der Waals surface area (Å²) in [6.45, 7) is 2.78. The summed E-state index contributed by atoms with van der Waals surface area (Å²) < 4.78 is 10.5. The van der Waals surface area contributed by atoms with Crippen LogP contribution in [0.2, 0.25) is 0 Å². The molecule has 1 saturated heterocycles. The number of carbonyl (C=O) groups is 3. The lowest BCUT2D eigenvalue weighted by Gasteiger charge is -2.25. The minimum atomic E-state index is -0.823. The van der Waals surface area contributed by atoms with Crippen LogP contribution < -0.4 is 4.74 Å². The predicted octanol–water partition coefficient (Wildman–Crippen LogP) is 4.93. The van der Waals surface area contributed by atoms with E-state index in [1.165, 1.54) is 12.0 Å². The largest absolute Gasteiger partial charge is 0.507 e. The van der Waals surface area contributed by atoms with Crippen LogP contribution in [-0.2, 0) is 20.7 Å². The summed E-state index contributed by atoms with van der Waals surface area (Å²) in [5, 5.41) is 11.3. The highest BCUT2D eigenvalue weighted by Crippen LogP contribution is 2.40. The number of amides is 1. The number of likely N-dealkylation sites (tertiary alicyclic amines) is 1. The molecule has 3 aromatic carbocycles. The highest BCUT2D eigenvalue weighted by molar-refractivity contribution is 6.46. The number of aliphatic hydroxyl groups is 1. The van der Waals surface area contributed by atoms with Crippen molar-refractivity contribution in [1.82, 2.24) is 4.90 Å². The van der Waals surface area contributed by atoms with E-state index in [-0.39, 0.29) is 17.9 Å². The van der Waals surface area contributed by atoms with Crippen molar-refractivity contribution in [1.29, 1.82) is 0 Å². The van der Waals surface area contributed by atoms with Crippen molar-refractivity contribution in [2.45, 2.75) is 25.8 Å². The molecule has 7 heteroatoms. The number of ether oxygens (including phenoxy) is 2. The molecule has 1 atom stereocenters. The van der Waals surface area contributed by atoms with Gasteiger partial charge in [-0.3, -0.25) is 9.59 Å². The molecule has 7 nitrogen and oxygen atoms in total. The third-order valence-corrected chi connectivity index (χ3v) is 6.25. The SMILES string of the molecule is CCCOc1cccc(/C(O)=C2\C(=O)C(=O)N(CCc3ccccc3)C2c2ccc(C(=O)OC)cc2)c1. The lowest BCUT2D eigenvalue weighted by molar-refractivity contribution is -0.139. The van der Waals surface area contributed by atoms with Gasteiger partial charge in [-0.05, 0) is 48.2 Å². The van der Waals surface area contributed by atoms with E-state index in [1.807, 2.05) is 37.3 Å². The van der Waals surface area contributed by atoms with Crippen molar-refractivity contribution in [3.63, 3.8) is 0 Å². The number of hydrogen-bond donors (Lipinski definition) is 1. The van der Waals surface area contributed by atoms with Crippen LogP contribution in [0.25, 0.3) is 5.76 Å². The number of carbonyl (C=O) groups excluding carboxylic acids is 3. The minimum Gasteiger partial charge on any atom is -0.507 e. The van der Waals surface area contributed by atoms with Gasteiger partial charge in [-0.2, -0.15) is 0 Å². The third kappa shape index (κ3) is 5.56. The second-order valence-corrected chi connectivity index (χ2v) is 8.72. The first-order chi connectivity index (χ1) is 17.9. The number of esters is 1. The fourth-order valence-corrected chi connectivity index (χ4v) is 4.38. The molecule has 1 heterocycles. The van der Waals surface area contributed by atoms with Gasteiger partial charge >= 0.3 is 5.97 Å². The Bertz CT molecular complexity index is 1310. The maximum Gasteiger partial charge on any atom is 0.337 e. The average Bonchev–Trinajstić information content (AvgIpc) is 3.19. The monoisotopic (exact) mass is 499 g/mol. The Balaban J connectivity index is 1.77. The molecule has 0 spiro atoms. The number of ketones is 1. The Labute approximate surface area is 215 Å². The van der Waals surface area contributed by atoms with Gasteiger partial charge in [0.05, 0.1) is 30.9 Å². The predicted molar refractivity (Wildman–Crippen MR) is 139 cm³/mol. The smallest absolute Gasteiger partial charge is 0.337 e. The molecule has 190 valence electrons. The molecular formula is C30H29NO6. The first-order valence-corrected chi connectivity index (χ1v) is 12.2. The number of nitrogens with zero attached hydrogens (tertiary/aromatic N) is 1. The molecule has 0 bridgehead atoms. The van der Waals surface area contributed by atoms with E-state index in [0.717, 1.165) is 12.0 Å². The highest BCUT2D eigenvalue weighted by Gasteiger charge is 2.45. The van der Waals surface area contributed by atoms with Gasteiger partial charge in [-0.15, -0.1) is 0 Å². The zero-order valence-corrected chi connectivity index (χ0v) is 20.8. The van der Waals surface area contributed by atoms with Crippen LogP contribution in [-0.4, -0.2) is 47.9 Å². The van der Waals surface area contributed by atoms with Crippen molar-refractivity contribution in [2.24, 2.45) is 0 Å². The van der Waals surface area contributed by atoms with E-state index in [0.29, 0.717) is 35.5 Å². The van der Waals surface area contributed by atoms with Crippen LogP contribution >= 0.6 is 0 Å². The summed E-state index contributed by atoms with van der Waals surface area (Å²) in [6.07, 6.45) is 1.36. The van der Waals surface area contributed by atoms with Gasteiger partial charge in [-0.25, -0.2) is 4.79 Å². The van der Waals surface area contributed by atoms with Gasteiger partial charge in [0.2, 0.25) is 0 Å². The molecule has 3 aromatic rings. The van der Waals surface area contributed by atoms with E-state index in [4.69, 9.17) is 9.47 Å². The van der Waals surface area contributed by atoms with Gasteiger partial charge in [0, 0.05) is 12.1 Å². The second-order valence-electron chi connectivity index (χ2n) is 8.72. The average molecular weight is 500 g/mol. The van der Waals surface area contributed by atoms with Crippen LogP contribution in [0.4, 0.5) is 0 Å². The number of benzene rings is 3. The molecule has 0 saturated carbocycles. The minimum absolute atomic E-state index is 0.00322. The number of methoxy groups -OCH3 is 1. The number of hydrogen-bond acceptors (Lipinski definition) is 6. The van der Waals surface area contributed by atoms with Crippen molar-refractivity contribution in [3.05, 3.63) is 107 Å². The van der Waals surface area contributed by atoms with E-state index in [2.05, 4.69) is 0 Å². The molecule has 0 radical (unpaired) electrons. The van der Waals surface area contributed by atoms with Crippen molar-refractivity contribution in [2.75, 3.05) is 20.3 Å². The Morgan fingerprint density at radius 2 is 1.68 bits per heavy atom. The first-order valence-electron chi connectivity index (χ1n) is 12.2. The van der Waals surface area contributed by atoms with Crippen LogP contribution in [0.15, 0.2) is 84.4 Å². The van der Waals surface area contributed by atoms with Gasteiger partial charge < -0.3 is 19.5 Å². The molecule has 0 aliphatic carbocycles. The van der Waals surface area contributed by atoms with E-state index in [1.54, 1.807) is 48.5 Å². The first kappa shape index (κ1) is 25.7. The molecule has 1 amide bonds. The molecule has 4 rings (SSSR count). The molecule has 0 aromatic heterocycles. The van der Waals surface area contributed by atoms with Gasteiger partial charge in [0.1, 0.15) is 11.5 Å². The van der Waals surface area contributed by atoms with Gasteiger partial charge in [-0.1, -0.05) is 61.5 Å². The Kier molecular flexibility index (Phi) is 8.03. The summed E-state index contributed by atoms with van der Waals surface area (Å²) in [6, 6.07) is 22.2. The maximum atomic E-state index is 13.3. The molecular weight excluding hydrogens is 470 g/mol. The topological polar surface area (TPSA) is 93.1 Å². The molecule has 1 fully saturated rings. The Morgan fingerprint density at radius 1 is 0.946 bits per heavy atom. The molecule has 1 unspecified atom stereocenters. The van der Waals surface area contributed by atoms with E-state index >= 15 is 0 Å². The lowest BCUT2D eigenvalue weighted by atomic mass is 9.94. The standard InChI is InChI=1S/C30H29NO6/c1-3-18-37-24-11-7-10-23(19-24)27(32)25-26(21-12-14-22(15-13-21)30(35)36-2)31(29(34)28(25)33)17-16-20-8-5-4-6-9-20/h4-15,19,26,32H,3,16-18H2,1-2H3/b27-25+. The van der Waals surface area contributed by atoms with Crippen LogP contribution in [0, 0.1) is 0 Å². The van der Waals surface area contributed by atoms with E-state index < -0.39 is 23.7 Å². The number of Topliss-reactive ketones (excluding diaryl/α,β-unsaturated/α-hetero) is 1. The summed E-state index contributed by atoms with van der Waals surface area (Å²) >= 11 is 0. The van der Waals surface area contributed by atoms with Crippen molar-refractivity contribution >= 4 is 23.4 Å². The van der Waals surface area contributed by atoms with Crippen molar-refractivity contribution < 1.29 is 29.0 Å².